The first kappa shape index (κ1) is 11.2. The molecule has 80 valence electrons. The van der Waals surface area contributed by atoms with Crippen LogP contribution in [0.5, 0.6) is 0 Å². The van der Waals surface area contributed by atoms with E-state index in [1.54, 1.807) is 0 Å². The van der Waals surface area contributed by atoms with E-state index < -0.39 is 0 Å². The van der Waals surface area contributed by atoms with Crippen LogP contribution in [0.25, 0.3) is 0 Å². The Morgan fingerprint density at radius 3 is 2.71 bits per heavy atom. The molecule has 1 aromatic rings. The van der Waals surface area contributed by atoms with Crippen molar-refractivity contribution in [3.8, 4) is 0 Å². The molecule has 0 bridgehead atoms. The number of imidazole rings is 1. The van der Waals surface area contributed by atoms with E-state index in [2.05, 4.69) is 43.0 Å². The van der Waals surface area contributed by atoms with Crippen molar-refractivity contribution < 1.29 is 0 Å². The van der Waals surface area contributed by atoms with Gasteiger partial charge in [0.25, 0.3) is 0 Å². The molecule has 14 heavy (non-hydrogen) atoms. The largest absolute Gasteiger partial charge is 0.345 e. The second-order valence-corrected chi connectivity index (χ2v) is 4.04. The molecule has 0 radical (unpaired) electrons. The van der Waals surface area contributed by atoms with Gasteiger partial charge in [-0.3, -0.25) is 0 Å². The lowest BCUT2D eigenvalue weighted by molar-refractivity contribution is 0.574. The van der Waals surface area contributed by atoms with Gasteiger partial charge in [0.05, 0.1) is 12.2 Å². The number of hydrogen-bond acceptors (Lipinski definition) is 2. The second kappa shape index (κ2) is 5.15. The van der Waals surface area contributed by atoms with Crippen LogP contribution in [-0.2, 0) is 13.0 Å². The SMILES string of the molecule is CCCc1nc(CNC(C)C)[nH]c1C. The van der Waals surface area contributed by atoms with Crippen molar-refractivity contribution in [3.63, 3.8) is 0 Å². The summed E-state index contributed by atoms with van der Waals surface area (Å²) >= 11 is 0. The summed E-state index contributed by atoms with van der Waals surface area (Å²) in [4.78, 5) is 7.86. The van der Waals surface area contributed by atoms with E-state index in [1.807, 2.05) is 0 Å². The zero-order chi connectivity index (χ0) is 10.6. The molecule has 1 aromatic heterocycles. The number of nitrogens with one attached hydrogen (secondary N) is 2. The Morgan fingerprint density at radius 1 is 1.43 bits per heavy atom. The number of rotatable bonds is 5. The Kier molecular flexibility index (Phi) is 4.14. The minimum Gasteiger partial charge on any atom is -0.345 e. The average molecular weight is 195 g/mol. The van der Waals surface area contributed by atoms with Gasteiger partial charge in [-0.15, -0.1) is 0 Å². The third-order valence-electron chi connectivity index (χ3n) is 2.20. The zero-order valence-electron chi connectivity index (χ0n) is 9.65. The van der Waals surface area contributed by atoms with E-state index in [0.29, 0.717) is 6.04 Å². The Morgan fingerprint density at radius 2 is 2.14 bits per heavy atom. The van der Waals surface area contributed by atoms with Crippen LogP contribution in [0.3, 0.4) is 0 Å². The number of aromatic nitrogens is 2. The van der Waals surface area contributed by atoms with Gasteiger partial charge in [-0.2, -0.15) is 0 Å². The van der Waals surface area contributed by atoms with Gasteiger partial charge in [-0.1, -0.05) is 27.2 Å². The van der Waals surface area contributed by atoms with Crippen LogP contribution >= 0.6 is 0 Å². The maximum Gasteiger partial charge on any atom is 0.120 e. The molecule has 1 heterocycles. The molecular weight excluding hydrogens is 174 g/mol. The quantitative estimate of drug-likeness (QED) is 0.756. The van der Waals surface area contributed by atoms with Gasteiger partial charge in [0.1, 0.15) is 5.82 Å². The van der Waals surface area contributed by atoms with E-state index in [4.69, 9.17) is 0 Å². The molecule has 0 aromatic carbocycles. The molecule has 0 aliphatic carbocycles. The van der Waals surface area contributed by atoms with E-state index in [1.165, 1.54) is 11.4 Å². The van der Waals surface area contributed by atoms with Crippen LogP contribution in [0.4, 0.5) is 0 Å². The summed E-state index contributed by atoms with van der Waals surface area (Å²) in [6.07, 6.45) is 2.23. The monoisotopic (exact) mass is 195 g/mol. The fourth-order valence-electron chi connectivity index (χ4n) is 1.43. The van der Waals surface area contributed by atoms with Crippen molar-refractivity contribution in [1.82, 2.24) is 15.3 Å². The van der Waals surface area contributed by atoms with Gasteiger partial charge in [0, 0.05) is 11.7 Å². The van der Waals surface area contributed by atoms with Gasteiger partial charge in [-0.25, -0.2) is 4.98 Å². The summed E-state index contributed by atoms with van der Waals surface area (Å²) in [5.41, 5.74) is 2.43. The predicted molar refractivity (Wildman–Crippen MR) is 59.3 cm³/mol. The highest BCUT2D eigenvalue weighted by Crippen LogP contribution is 2.07. The van der Waals surface area contributed by atoms with Crippen molar-refractivity contribution in [2.24, 2.45) is 0 Å². The Balaban J connectivity index is 2.56. The molecule has 0 unspecified atom stereocenters. The van der Waals surface area contributed by atoms with E-state index >= 15 is 0 Å². The molecule has 0 aliphatic rings. The van der Waals surface area contributed by atoms with Crippen molar-refractivity contribution >= 4 is 0 Å². The lowest BCUT2D eigenvalue weighted by Gasteiger charge is -2.04. The molecule has 0 spiro atoms. The molecule has 3 heteroatoms. The second-order valence-electron chi connectivity index (χ2n) is 4.04. The van der Waals surface area contributed by atoms with Gasteiger partial charge in [0.2, 0.25) is 0 Å². The Hall–Kier alpha value is -0.830. The summed E-state index contributed by atoms with van der Waals surface area (Å²) in [5, 5.41) is 3.35. The first-order chi connectivity index (χ1) is 6.63. The maximum atomic E-state index is 4.55. The van der Waals surface area contributed by atoms with Crippen LogP contribution in [0.2, 0.25) is 0 Å². The van der Waals surface area contributed by atoms with Crippen molar-refractivity contribution in [3.05, 3.63) is 17.2 Å². The average Bonchev–Trinajstić information content (AvgIpc) is 2.45. The number of H-pyrrole nitrogens is 1. The molecule has 0 amide bonds. The van der Waals surface area contributed by atoms with Crippen LogP contribution in [0.15, 0.2) is 0 Å². The Bertz CT molecular complexity index is 276. The predicted octanol–water partition coefficient (Wildman–Crippen LogP) is 2.17. The van der Waals surface area contributed by atoms with Gasteiger partial charge in [0.15, 0.2) is 0 Å². The highest BCUT2D eigenvalue weighted by atomic mass is 15.0. The van der Waals surface area contributed by atoms with Crippen LogP contribution in [0.1, 0.15) is 44.4 Å². The van der Waals surface area contributed by atoms with Gasteiger partial charge >= 0.3 is 0 Å². The van der Waals surface area contributed by atoms with Crippen LogP contribution in [0, 0.1) is 6.92 Å². The van der Waals surface area contributed by atoms with E-state index in [-0.39, 0.29) is 0 Å². The molecule has 3 nitrogen and oxygen atoms in total. The molecule has 0 atom stereocenters. The first-order valence-corrected chi connectivity index (χ1v) is 5.41. The summed E-state index contributed by atoms with van der Waals surface area (Å²) in [5.74, 6) is 1.06. The van der Waals surface area contributed by atoms with E-state index in [0.717, 1.165) is 25.2 Å². The molecule has 0 saturated heterocycles. The van der Waals surface area contributed by atoms with Gasteiger partial charge in [-0.05, 0) is 13.3 Å². The highest BCUT2D eigenvalue weighted by Gasteiger charge is 2.05. The lowest BCUT2D eigenvalue weighted by Crippen LogP contribution is -2.22. The molecule has 0 saturated carbocycles. The number of hydrogen-bond donors (Lipinski definition) is 2. The normalized spacial score (nSPS) is 11.2. The molecule has 0 aliphatic heterocycles. The number of aromatic amines is 1. The summed E-state index contributed by atoms with van der Waals surface area (Å²) in [7, 11) is 0. The number of nitrogens with zero attached hydrogens (tertiary/aromatic N) is 1. The fraction of sp³-hybridized carbons (Fsp3) is 0.727. The molecular formula is C11H21N3. The zero-order valence-corrected chi connectivity index (χ0v) is 9.65. The topological polar surface area (TPSA) is 40.7 Å². The van der Waals surface area contributed by atoms with Crippen LogP contribution < -0.4 is 5.32 Å². The summed E-state index contributed by atoms with van der Waals surface area (Å²) in [6.45, 7) is 9.39. The lowest BCUT2D eigenvalue weighted by atomic mass is 10.2. The number of aryl methyl sites for hydroxylation is 2. The molecule has 2 N–H and O–H groups in total. The highest BCUT2D eigenvalue weighted by molar-refractivity contribution is 5.13. The van der Waals surface area contributed by atoms with Crippen molar-refractivity contribution in [2.75, 3.05) is 0 Å². The third-order valence-corrected chi connectivity index (χ3v) is 2.20. The van der Waals surface area contributed by atoms with Crippen LogP contribution in [-0.4, -0.2) is 16.0 Å². The third kappa shape index (κ3) is 3.14. The first-order valence-electron chi connectivity index (χ1n) is 5.41. The standard InChI is InChI=1S/C11H21N3/c1-5-6-10-9(4)13-11(14-10)7-12-8(2)3/h8,12H,5-7H2,1-4H3,(H,13,14). The van der Waals surface area contributed by atoms with Gasteiger partial charge < -0.3 is 10.3 Å². The van der Waals surface area contributed by atoms with Crippen molar-refractivity contribution in [2.45, 2.75) is 53.1 Å². The maximum absolute atomic E-state index is 4.55. The molecule has 1 rings (SSSR count). The molecule has 0 fully saturated rings. The summed E-state index contributed by atoms with van der Waals surface area (Å²) in [6, 6.07) is 0.509. The smallest absolute Gasteiger partial charge is 0.120 e. The fourth-order valence-corrected chi connectivity index (χ4v) is 1.43. The minimum atomic E-state index is 0.509. The van der Waals surface area contributed by atoms with Crippen molar-refractivity contribution in [1.29, 1.82) is 0 Å². The summed E-state index contributed by atoms with van der Waals surface area (Å²) < 4.78 is 0. The minimum absolute atomic E-state index is 0.509. The van der Waals surface area contributed by atoms with E-state index in [9.17, 15) is 0 Å². The Labute approximate surface area is 86.3 Å².